The fourth-order valence-electron chi connectivity index (χ4n) is 7.49. The molecule has 0 amide bonds. The summed E-state index contributed by atoms with van der Waals surface area (Å²) in [6.07, 6.45) is 8.62. The first kappa shape index (κ1) is 21.9. The van der Waals surface area contributed by atoms with E-state index in [0.29, 0.717) is 18.4 Å². The number of anilines is 1. The second kappa shape index (κ2) is 7.82. The molecule has 2 N–H and O–H groups in total. The van der Waals surface area contributed by atoms with Gasteiger partial charge in [0, 0.05) is 37.2 Å². The van der Waals surface area contributed by atoms with Crippen LogP contribution < -0.4 is 10.0 Å². The number of nitrogens with zero attached hydrogens (tertiary/aromatic N) is 2. The maximum Gasteiger partial charge on any atom is 0.209 e. The molecule has 2 aliphatic carbocycles. The maximum absolute atomic E-state index is 13.8. The van der Waals surface area contributed by atoms with E-state index < -0.39 is 29.2 Å². The Balaban J connectivity index is 1.32. The minimum absolute atomic E-state index is 0.0691. The Morgan fingerprint density at radius 2 is 1.69 bits per heavy atom. The molecule has 0 radical (unpaired) electrons. The molecule has 7 nitrogen and oxygen atoms in total. The lowest BCUT2D eigenvalue weighted by Gasteiger charge is -2.40. The molecular weight excluding hydrogens is 456 g/mol. The zero-order chi connectivity index (χ0) is 24.7. The molecule has 0 bridgehead atoms. The number of hydrogen-bond acceptors (Lipinski definition) is 6. The molecule has 4 heterocycles. The summed E-state index contributed by atoms with van der Waals surface area (Å²) in [6.45, 7) is 3.75. The monoisotopic (exact) mass is 486 g/mol. The van der Waals surface area contributed by atoms with Gasteiger partial charge in [0.15, 0.2) is 11.5 Å². The Hall–Kier alpha value is -3.35. The third-order valence-corrected chi connectivity index (χ3v) is 9.02. The number of carbonyl (C=O) groups is 2. The van der Waals surface area contributed by atoms with E-state index >= 15 is 0 Å². The summed E-state index contributed by atoms with van der Waals surface area (Å²) >= 11 is 0. The van der Waals surface area contributed by atoms with E-state index in [-0.39, 0.29) is 22.6 Å². The van der Waals surface area contributed by atoms with Crippen LogP contribution in [0.2, 0.25) is 0 Å². The summed E-state index contributed by atoms with van der Waals surface area (Å²) in [5, 5.41) is 35.9. The van der Waals surface area contributed by atoms with Crippen molar-refractivity contribution >= 4 is 28.5 Å². The Labute approximate surface area is 209 Å². The van der Waals surface area contributed by atoms with Crippen molar-refractivity contribution in [2.24, 2.45) is 11.8 Å². The molecule has 0 fully saturated rings. The van der Waals surface area contributed by atoms with Crippen LogP contribution in [0.3, 0.4) is 0 Å². The molecule has 2 atom stereocenters. The van der Waals surface area contributed by atoms with Crippen LogP contribution in [0, 0.1) is 11.8 Å². The minimum Gasteiger partial charge on any atom is -0.872 e. The second-order valence-electron chi connectivity index (χ2n) is 11.0. The third kappa shape index (κ3) is 2.88. The maximum atomic E-state index is 13.8. The number of ketones is 2. The molecule has 4 aliphatic heterocycles. The summed E-state index contributed by atoms with van der Waals surface area (Å²) < 4.78 is 2.30. The topological polar surface area (TPSA) is 104 Å². The van der Waals surface area contributed by atoms with Gasteiger partial charge in [0.1, 0.15) is 24.8 Å². The minimum atomic E-state index is -1.23. The van der Waals surface area contributed by atoms with Gasteiger partial charge in [-0.2, -0.15) is 0 Å². The molecule has 6 aliphatic rings. The van der Waals surface area contributed by atoms with Crippen LogP contribution in [0.15, 0.2) is 34.8 Å². The zero-order valence-corrected chi connectivity index (χ0v) is 20.3. The molecular formula is C29H30N2O5. The van der Waals surface area contributed by atoms with E-state index in [2.05, 4.69) is 9.48 Å². The lowest BCUT2D eigenvalue weighted by atomic mass is 9.74. The first-order chi connectivity index (χ1) is 17.5. The second-order valence-corrected chi connectivity index (χ2v) is 11.0. The average molecular weight is 487 g/mol. The van der Waals surface area contributed by atoms with Crippen molar-refractivity contribution in [1.29, 1.82) is 0 Å². The quantitative estimate of drug-likeness (QED) is 0.492. The fourth-order valence-corrected chi connectivity index (χ4v) is 7.49. The van der Waals surface area contributed by atoms with Crippen molar-refractivity contribution in [3.8, 4) is 5.75 Å². The van der Waals surface area contributed by atoms with Gasteiger partial charge in [-0.05, 0) is 61.3 Å². The summed E-state index contributed by atoms with van der Waals surface area (Å²) in [5.41, 5.74) is 5.68. The summed E-state index contributed by atoms with van der Waals surface area (Å²) in [7, 11) is 0. The number of Topliss-reactive ketones (excluding diaryl/α,β-unsaturated/α-hetero) is 2. The largest absolute Gasteiger partial charge is 0.872 e. The number of hydrogen-bond donors (Lipinski definition) is 2. The van der Waals surface area contributed by atoms with Gasteiger partial charge in [-0.15, -0.1) is 0 Å². The highest BCUT2D eigenvalue weighted by molar-refractivity contribution is 6.39. The molecule has 1 aromatic rings. The molecule has 0 aromatic heterocycles. The predicted octanol–water partition coefficient (Wildman–Crippen LogP) is 2.91. The summed E-state index contributed by atoms with van der Waals surface area (Å²) in [6, 6.07) is 1.74. The highest BCUT2D eigenvalue weighted by Gasteiger charge is 2.50. The Morgan fingerprint density at radius 1 is 0.944 bits per heavy atom. The number of allylic oxidation sites excluding steroid dienone is 5. The van der Waals surface area contributed by atoms with Crippen LogP contribution in [-0.2, 0) is 22.4 Å². The van der Waals surface area contributed by atoms with Crippen LogP contribution >= 0.6 is 0 Å². The standard InChI is InChI=1S/C29H30N2O5/c32-25-17-7-3-11-30-9-1-5-15(23(17)30)13-19(25)21-27(34)22(29(36)28(21)35)20-14-16-6-2-10-31-12-4-8-18(24(16)31)26(20)33/h13-14,19,21H,1-12H2,(H2,33,34,35,36). The number of aliphatic hydroxyl groups is 2. The fraction of sp³-hybridized carbons (Fsp3) is 0.483. The Bertz CT molecular complexity index is 1370. The molecule has 0 spiro atoms. The highest BCUT2D eigenvalue weighted by atomic mass is 16.3. The van der Waals surface area contributed by atoms with E-state index in [1.54, 1.807) is 6.07 Å². The van der Waals surface area contributed by atoms with Crippen molar-refractivity contribution < 1.29 is 29.5 Å². The van der Waals surface area contributed by atoms with Gasteiger partial charge in [-0.3, -0.25) is 9.59 Å². The van der Waals surface area contributed by atoms with Gasteiger partial charge in [0.2, 0.25) is 11.5 Å². The summed E-state index contributed by atoms with van der Waals surface area (Å²) in [5.74, 6) is -4.09. The van der Waals surface area contributed by atoms with Gasteiger partial charge in [-0.25, -0.2) is 4.58 Å². The predicted molar refractivity (Wildman–Crippen MR) is 132 cm³/mol. The van der Waals surface area contributed by atoms with E-state index in [1.165, 1.54) is 0 Å². The number of carbonyl (C=O) groups excluding carboxylic acids is 2. The van der Waals surface area contributed by atoms with Crippen molar-refractivity contribution in [3.63, 3.8) is 0 Å². The number of benzene rings is 1. The zero-order valence-electron chi connectivity index (χ0n) is 20.3. The molecule has 7 rings (SSSR count). The normalized spacial score (nSPS) is 27.4. The molecule has 0 saturated heterocycles. The van der Waals surface area contributed by atoms with Gasteiger partial charge >= 0.3 is 0 Å². The molecule has 2 unspecified atom stereocenters. The van der Waals surface area contributed by atoms with E-state index in [9.17, 15) is 24.9 Å². The lowest BCUT2D eigenvalue weighted by molar-refractivity contribution is -0.533. The van der Waals surface area contributed by atoms with Crippen LogP contribution in [0.5, 0.6) is 5.75 Å². The lowest BCUT2D eigenvalue weighted by Crippen LogP contribution is -2.39. The molecule has 0 saturated carbocycles. The molecule has 7 heteroatoms. The summed E-state index contributed by atoms with van der Waals surface area (Å²) in [4.78, 5) is 29.5. The Morgan fingerprint density at radius 3 is 2.50 bits per heavy atom. The number of aryl methyl sites for hydroxylation is 1. The molecule has 1 aromatic carbocycles. The molecule has 186 valence electrons. The number of aliphatic hydroxyl groups excluding tert-OH is 2. The van der Waals surface area contributed by atoms with Gasteiger partial charge in [0.25, 0.3) is 0 Å². The first-order valence-corrected chi connectivity index (χ1v) is 13.3. The average Bonchev–Trinajstić information content (AvgIpc) is 3.11. The third-order valence-electron chi connectivity index (χ3n) is 9.02. The van der Waals surface area contributed by atoms with Crippen molar-refractivity contribution in [2.45, 2.75) is 51.4 Å². The van der Waals surface area contributed by atoms with E-state index in [0.717, 1.165) is 92.8 Å². The van der Waals surface area contributed by atoms with Crippen LogP contribution in [0.1, 0.15) is 55.2 Å². The Kier molecular flexibility index (Phi) is 4.76. The van der Waals surface area contributed by atoms with E-state index in [1.807, 2.05) is 6.08 Å². The molecule has 36 heavy (non-hydrogen) atoms. The van der Waals surface area contributed by atoms with E-state index in [4.69, 9.17) is 0 Å². The van der Waals surface area contributed by atoms with Gasteiger partial charge < -0.3 is 20.2 Å². The highest BCUT2D eigenvalue weighted by Crippen LogP contribution is 2.47. The van der Waals surface area contributed by atoms with Crippen molar-refractivity contribution in [3.05, 3.63) is 51.5 Å². The first-order valence-electron chi connectivity index (χ1n) is 13.3. The van der Waals surface area contributed by atoms with Crippen LogP contribution in [0.4, 0.5) is 5.69 Å². The van der Waals surface area contributed by atoms with Crippen molar-refractivity contribution in [2.75, 3.05) is 31.1 Å². The van der Waals surface area contributed by atoms with Gasteiger partial charge in [-0.1, -0.05) is 11.8 Å². The van der Waals surface area contributed by atoms with Crippen LogP contribution in [0.25, 0.3) is 5.57 Å². The smallest absolute Gasteiger partial charge is 0.209 e. The SMILES string of the molecule is O=C1C(O)=C(c2cc3c4c(c2[O-])CCCN4CCC3)C(=O)C1C1C=C2CCC[N+]3=C2C(=C1O)CCC3. The van der Waals surface area contributed by atoms with Gasteiger partial charge in [0.05, 0.1) is 17.1 Å². The number of rotatable bonds is 2. The van der Waals surface area contributed by atoms with Crippen molar-refractivity contribution in [1.82, 2.24) is 0 Å². The van der Waals surface area contributed by atoms with Crippen LogP contribution in [-0.4, -0.2) is 58.2 Å².